The summed E-state index contributed by atoms with van der Waals surface area (Å²) in [6.07, 6.45) is -4.59. The molecule has 0 bridgehead atoms. The highest BCUT2D eigenvalue weighted by Crippen LogP contribution is 2.51. The second-order valence-electron chi connectivity index (χ2n) is 27.9. The van der Waals surface area contributed by atoms with E-state index in [2.05, 4.69) is 37.2 Å². The molecule has 0 aliphatic carbocycles. The highest BCUT2D eigenvalue weighted by molar-refractivity contribution is 7.98. The van der Waals surface area contributed by atoms with Crippen molar-refractivity contribution in [2.45, 2.75) is 184 Å². The van der Waals surface area contributed by atoms with E-state index in [1.54, 1.807) is 38.0 Å². The van der Waals surface area contributed by atoms with Crippen LogP contribution < -0.4 is 53.0 Å². The summed E-state index contributed by atoms with van der Waals surface area (Å²) in [6.45, 7) is 9.42. The number of amides is 9. The molecule has 9 amide bonds. The van der Waals surface area contributed by atoms with Crippen molar-refractivity contribution in [3.05, 3.63) is 29.8 Å². The second kappa shape index (κ2) is 47.5. The third-order valence-corrected chi connectivity index (χ3v) is 23.2. The average Bonchev–Trinajstić information content (AvgIpc) is 0.748. The lowest BCUT2D eigenvalue weighted by Gasteiger charge is -2.44. The van der Waals surface area contributed by atoms with Gasteiger partial charge in [-0.05, 0) is 90.8 Å². The van der Waals surface area contributed by atoms with Gasteiger partial charge in [-0.25, -0.2) is 19.2 Å². The van der Waals surface area contributed by atoms with Crippen molar-refractivity contribution in [1.82, 2.24) is 67.5 Å². The zero-order chi connectivity index (χ0) is 80.1. The molecule has 2 rings (SSSR count). The van der Waals surface area contributed by atoms with Crippen LogP contribution in [-0.2, 0) is 57.5 Å². The molecule has 37 nitrogen and oxygen atoms in total. The van der Waals surface area contributed by atoms with E-state index < -0.39 is 209 Å². The number of carbonyl (C=O) groups excluding carboxylic acids is 8. The molecule has 0 aromatic heterocycles. The van der Waals surface area contributed by atoms with Crippen molar-refractivity contribution in [2.24, 2.45) is 0 Å². The second-order valence-corrected chi connectivity index (χ2v) is 33.8. The van der Waals surface area contributed by atoms with E-state index in [0.29, 0.717) is 10.9 Å². The number of halogens is 1. The van der Waals surface area contributed by atoms with Crippen LogP contribution in [0.3, 0.4) is 0 Å². The monoisotopic (exact) mass is 1550 g/mol. The molecule has 1 aromatic carbocycles. The van der Waals surface area contributed by atoms with Crippen molar-refractivity contribution >= 4 is 109 Å². The number of aliphatic hydroxyl groups is 4. The smallest absolute Gasteiger partial charge is 0.326 e. The lowest BCUT2D eigenvalue weighted by molar-refractivity contribution is -0.142. The van der Waals surface area contributed by atoms with Gasteiger partial charge in [0.05, 0.1) is 32.2 Å². The number of nitrogens with one attached hydrogen (secondary N) is 9. The number of carboxylic acids is 6. The Balaban J connectivity index is 2.09. The van der Waals surface area contributed by atoms with Crippen LogP contribution in [0.25, 0.3) is 0 Å². The van der Waals surface area contributed by atoms with Crippen LogP contribution in [0.15, 0.2) is 24.3 Å². The Labute approximate surface area is 619 Å². The lowest BCUT2D eigenvalue weighted by Crippen LogP contribution is -2.58. The molecule has 600 valence electrons. The van der Waals surface area contributed by atoms with Gasteiger partial charge in [0.1, 0.15) is 24.2 Å². The molecular formula is C66H110FN13O24SSi. The molecule has 6 atom stereocenters. The Morgan fingerprint density at radius 1 is 0.472 bits per heavy atom. The molecule has 0 saturated carbocycles. The van der Waals surface area contributed by atoms with Gasteiger partial charge < -0.3 is 103 Å². The summed E-state index contributed by atoms with van der Waals surface area (Å²) in [5, 5.41) is 118. The average molecular weight is 1550 g/mol. The molecule has 0 spiro atoms. The first-order chi connectivity index (χ1) is 49.5. The van der Waals surface area contributed by atoms with E-state index in [1.807, 2.05) is 52.2 Å². The van der Waals surface area contributed by atoms with E-state index in [0.717, 1.165) is 0 Å². The molecule has 1 fully saturated rings. The van der Waals surface area contributed by atoms with Crippen LogP contribution in [0.4, 0.5) is 8.90 Å². The molecule has 1 aliphatic rings. The summed E-state index contributed by atoms with van der Waals surface area (Å²) in [6, 6.07) is -3.76. The summed E-state index contributed by atoms with van der Waals surface area (Å²) in [4.78, 5) is 183. The number of aliphatic hydroxyl groups excluding tert-OH is 2. The van der Waals surface area contributed by atoms with Crippen LogP contribution in [0.1, 0.15) is 135 Å². The number of hydrogen-bond donors (Lipinski definition) is 19. The topological polar surface area (TPSA) is 563 Å². The molecule has 40 heteroatoms. The molecule has 19 N–H and O–H groups in total. The predicted molar refractivity (Wildman–Crippen MR) is 384 cm³/mol. The molecule has 1 saturated heterocycles. The number of thioether (sulfide) groups is 1. The molecular weight excluding hydrogens is 1440 g/mol. The van der Waals surface area contributed by atoms with Gasteiger partial charge in [-0.2, -0.15) is 11.8 Å². The third kappa shape index (κ3) is 36.9. The van der Waals surface area contributed by atoms with Crippen molar-refractivity contribution in [1.29, 1.82) is 0 Å². The van der Waals surface area contributed by atoms with E-state index >= 15 is 4.11 Å². The normalized spacial score (nSPS) is 15.7. The number of benzene rings is 1. The number of carbonyl (C=O) groups is 14. The molecule has 1 heterocycles. The van der Waals surface area contributed by atoms with Gasteiger partial charge in [-0.3, -0.25) is 67.5 Å². The van der Waals surface area contributed by atoms with E-state index in [1.165, 1.54) is 23.9 Å². The first-order valence-electron chi connectivity index (χ1n) is 34.9. The number of nitrogens with zero attached hydrogens (tertiary/aromatic N) is 4. The highest BCUT2D eigenvalue weighted by atomic mass is 32.2. The Hall–Kier alpha value is -8.22. The molecule has 106 heavy (non-hydrogen) atoms. The van der Waals surface area contributed by atoms with Crippen LogP contribution in [0, 0.1) is 0 Å². The number of aliphatic carboxylic acids is 6. The third-order valence-electron chi connectivity index (χ3n) is 17.3. The van der Waals surface area contributed by atoms with Crippen LogP contribution in [0.5, 0.6) is 0 Å². The fourth-order valence-corrected chi connectivity index (χ4v) is 16.9. The first-order valence-corrected chi connectivity index (χ1v) is 38.1. The van der Waals surface area contributed by atoms with E-state index in [4.69, 9.17) is 0 Å². The largest absolute Gasteiger partial charge is 0.480 e. The number of urea groups is 1. The van der Waals surface area contributed by atoms with Gasteiger partial charge >= 0.3 is 41.8 Å². The standard InChI is InChI=1S/C66H110FN13O24SSi/c1-65(2,3)106(67,66(4,5)6)43-15-13-41(14-16-43)58(94)70-36-48(74-53(85)37-77-26-28-78(38-55(88)89)30-32-80(40-57(92)93)33-31-79(29-27-77)39-56(90)91)59(95)71-42(35-54(86)87)11-8-9-24-68-49(81)21-22-50(82)69-25-10-12-44(60(96)97)72-51(83)19-17-45(61(98)99)75-64(104)76-46(62(100)101)18-20-52(84)73-47(63(102)103)23-34-105-7/h13-16,42,44-48,54,63,86-87,102-103H,8-12,17-40H2,1-7H3,(H,68,81)(H,69,82)(H,70,94)(H,71,95)(H,72,83)(H,73,84)(H,74,85)(H,88,89)(H,90,91)(H,92,93)(H,96,97)(H,98,99)(H,100,101)(H2,75,76,104)/t42-,44-,45+,46+,47+,48-/m1/s1. The number of hydrogen-bond acceptors (Lipinski definition) is 23. The van der Waals surface area contributed by atoms with Crippen LogP contribution in [0.2, 0.25) is 10.1 Å². The maximum Gasteiger partial charge on any atom is 0.326 e. The fourth-order valence-electron chi connectivity index (χ4n) is 11.8. The van der Waals surface area contributed by atoms with Gasteiger partial charge in [0.25, 0.3) is 14.3 Å². The Morgan fingerprint density at radius 3 is 1.29 bits per heavy atom. The minimum atomic E-state index is -3.74. The van der Waals surface area contributed by atoms with Gasteiger partial charge in [0.2, 0.25) is 35.4 Å². The molecule has 1 aliphatic heterocycles. The van der Waals surface area contributed by atoms with Crippen LogP contribution >= 0.6 is 11.8 Å². The summed E-state index contributed by atoms with van der Waals surface area (Å²) >= 11 is 1.38. The number of rotatable bonds is 46. The van der Waals surface area contributed by atoms with Crippen molar-refractivity contribution < 1.29 is 122 Å². The Bertz CT molecular complexity index is 3030. The molecule has 1 aromatic rings. The van der Waals surface area contributed by atoms with Crippen molar-refractivity contribution in [3.63, 3.8) is 0 Å². The lowest BCUT2D eigenvalue weighted by atomic mass is 10.0. The van der Waals surface area contributed by atoms with E-state index in [9.17, 15) is 118 Å². The molecule has 0 unspecified atom stereocenters. The van der Waals surface area contributed by atoms with Crippen molar-refractivity contribution in [3.8, 4) is 0 Å². The van der Waals surface area contributed by atoms with Gasteiger partial charge in [-0.1, -0.05) is 53.7 Å². The minimum absolute atomic E-state index is 0.00927. The maximum atomic E-state index is 17.2. The predicted octanol–water partition coefficient (Wildman–Crippen LogP) is -2.87. The minimum Gasteiger partial charge on any atom is -0.480 e. The SMILES string of the molecule is CSCC[C@H](NC(=O)CC[C@H](NC(=O)N[C@@H](CCC(=O)N[C@H](CCCNC(=O)CCC(=O)NCCCC[C@H](CC(O)O)NC(=O)[C@@H](CNC(=O)c1ccc([Si](F)(C(C)(C)C)C(C)(C)C)cc1)NC(=O)CN1CCN(CC(=O)O)CCN(CC(=O)O)CCN(CC(=O)O)CC1)C(=O)O)C(=O)O)C(=O)O)C(O)O. The van der Waals surface area contributed by atoms with E-state index in [-0.39, 0.29) is 129 Å². The summed E-state index contributed by atoms with van der Waals surface area (Å²) in [5.41, 5.74) is 0.103. The molecule has 0 radical (unpaired) electrons. The van der Waals surface area contributed by atoms with Crippen LogP contribution in [-0.4, -0.2) is 321 Å². The fraction of sp³-hybridized carbons (Fsp3) is 0.697. The summed E-state index contributed by atoms with van der Waals surface area (Å²) < 4.78 is 17.2. The van der Waals surface area contributed by atoms with Gasteiger partial charge in [-0.15, -0.1) is 0 Å². The summed E-state index contributed by atoms with van der Waals surface area (Å²) in [7, 11) is -3.74. The van der Waals surface area contributed by atoms with Gasteiger partial charge in [0.15, 0.2) is 12.6 Å². The number of unbranched alkanes of at least 4 members (excludes halogenated alkanes) is 1. The maximum absolute atomic E-state index is 17.2. The summed E-state index contributed by atoms with van der Waals surface area (Å²) in [5.74, 6) is -12.8. The quantitative estimate of drug-likeness (QED) is 0.0135. The zero-order valence-electron chi connectivity index (χ0n) is 61.2. The van der Waals surface area contributed by atoms with Gasteiger partial charge in [0, 0.05) is 116 Å². The Kier molecular flexibility index (Phi) is 42.0. The Morgan fingerprint density at radius 2 is 0.887 bits per heavy atom. The first kappa shape index (κ1) is 93.9. The highest BCUT2D eigenvalue weighted by Gasteiger charge is 2.56. The van der Waals surface area contributed by atoms with Crippen molar-refractivity contribution in [2.75, 3.05) is 110 Å². The zero-order valence-corrected chi connectivity index (χ0v) is 63.0. The number of carboxylic acid groups (broad SMARTS) is 6.